The molecular weight excluding hydrogens is 339 g/mol. The Labute approximate surface area is 144 Å². The Balaban J connectivity index is 1.87. The summed E-state index contributed by atoms with van der Waals surface area (Å²) >= 11 is 0. The van der Waals surface area contributed by atoms with Gasteiger partial charge in [-0.2, -0.15) is 13.2 Å². The molecule has 0 spiro atoms. The van der Waals surface area contributed by atoms with E-state index >= 15 is 0 Å². The molecule has 1 amide bonds. The van der Waals surface area contributed by atoms with Gasteiger partial charge in [0.2, 0.25) is 11.9 Å². The number of nitrogens with one attached hydrogen (secondary N) is 1. The molecule has 2 heterocycles. The van der Waals surface area contributed by atoms with E-state index in [-0.39, 0.29) is 17.9 Å². The van der Waals surface area contributed by atoms with Gasteiger partial charge in [-0.25, -0.2) is 9.97 Å². The second kappa shape index (κ2) is 8.43. The van der Waals surface area contributed by atoms with Crippen LogP contribution >= 0.6 is 0 Å². The van der Waals surface area contributed by atoms with Crippen LogP contribution in [0.4, 0.5) is 19.1 Å². The molecule has 1 atom stereocenters. The van der Waals surface area contributed by atoms with Crippen LogP contribution in [0, 0.1) is 0 Å². The van der Waals surface area contributed by atoms with Crippen molar-refractivity contribution in [1.29, 1.82) is 0 Å². The molecule has 1 N–H and O–H groups in total. The molecule has 1 aromatic heterocycles. The summed E-state index contributed by atoms with van der Waals surface area (Å²) in [7, 11) is 3.36. The molecular formula is C15H22F3N5O2. The molecule has 0 bridgehead atoms. The topological polar surface area (TPSA) is 70.6 Å². The fourth-order valence-corrected chi connectivity index (χ4v) is 2.57. The van der Waals surface area contributed by atoms with Gasteiger partial charge in [-0.1, -0.05) is 0 Å². The third-order valence-electron chi connectivity index (χ3n) is 4.08. The molecule has 1 saturated heterocycles. The molecule has 1 aromatic rings. The van der Waals surface area contributed by atoms with Crippen molar-refractivity contribution < 1.29 is 22.7 Å². The lowest BCUT2D eigenvalue weighted by molar-refractivity contribution is -0.138. The zero-order chi connectivity index (χ0) is 18.4. The van der Waals surface area contributed by atoms with Crippen molar-refractivity contribution in [3.05, 3.63) is 18.0 Å². The molecule has 0 aliphatic carbocycles. The van der Waals surface area contributed by atoms with Crippen LogP contribution in [0.3, 0.4) is 0 Å². The van der Waals surface area contributed by atoms with Gasteiger partial charge in [0.25, 0.3) is 0 Å². The second-order valence-electron chi connectivity index (χ2n) is 5.78. The molecule has 0 radical (unpaired) electrons. The second-order valence-corrected chi connectivity index (χ2v) is 5.78. The molecule has 140 valence electrons. The number of hydrogen-bond donors (Lipinski definition) is 1. The number of ether oxygens (including phenoxy) is 1. The zero-order valence-electron chi connectivity index (χ0n) is 14.2. The third kappa shape index (κ3) is 5.27. The maximum Gasteiger partial charge on any atom is 0.419 e. The van der Waals surface area contributed by atoms with Crippen molar-refractivity contribution in [2.75, 3.05) is 51.8 Å². The quantitative estimate of drug-likeness (QED) is 0.807. The Morgan fingerprint density at radius 2 is 1.88 bits per heavy atom. The number of nitrogens with zero attached hydrogens (tertiary/aromatic N) is 4. The van der Waals surface area contributed by atoms with Crippen molar-refractivity contribution in [3.8, 4) is 0 Å². The van der Waals surface area contributed by atoms with Gasteiger partial charge >= 0.3 is 6.18 Å². The number of amides is 1. The Kier molecular flexibility index (Phi) is 6.54. The van der Waals surface area contributed by atoms with E-state index in [4.69, 9.17) is 4.74 Å². The number of carbonyl (C=O) groups is 1. The first-order valence-corrected chi connectivity index (χ1v) is 7.93. The SMILES string of the molecule is CN[C@H](COC)CC(=O)N1CCN(c2ncc(C(F)(F)F)cn2)CC1. The van der Waals surface area contributed by atoms with Gasteiger partial charge in [0.05, 0.1) is 12.2 Å². The number of aromatic nitrogens is 2. The smallest absolute Gasteiger partial charge is 0.383 e. The first-order valence-electron chi connectivity index (χ1n) is 7.93. The predicted octanol–water partition coefficient (Wildman–Crippen LogP) is 0.769. The highest BCUT2D eigenvalue weighted by molar-refractivity contribution is 5.77. The van der Waals surface area contributed by atoms with E-state index in [1.54, 1.807) is 24.0 Å². The van der Waals surface area contributed by atoms with Crippen LogP contribution in [-0.2, 0) is 15.7 Å². The lowest BCUT2D eigenvalue weighted by Crippen LogP contribution is -2.50. The summed E-state index contributed by atoms with van der Waals surface area (Å²) in [6, 6.07) is -0.0474. The number of anilines is 1. The first kappa shape index (κ1) is 19.4. The van der Waals surface area contributed by atoms with Gasteiger partial charge in [0.1, 0.15) is 0 Å². The third-order valence-corrected chi connectivity index (χ3v) is 4.08. The minimum atomic E-state index is -4.45. The van der Waals surface area contributed by atoms with E-state index in [0.29, 0.717) is 39.2 Å². The van der Waals surface area contributed by atoms with Crippen LogP contribution in [0.25, 0.3) is 0 Å². The Morgan fingerprint density at radius 3 is 2.36 bits per heavy atom. The maximum absolute atomic E-state index is 12.5. The lowest BCUT2D eigenvalue weighted by Gasteiger charge is -2.35. The van der Waals surface area contributed by atoms with Crippen LogP contribution < -0.4 is 10.2 Å². The summed E-state index contributed by atoms with van der Waals surface area (Å²) in [6.45, 7) is 2.36. The number of piperazine rings is 1. The fraction of sp³-hybridized carbons (Fsp3) is 0.667. The Bertz CT molecular complexity index is 559. The highest BCUT2D eigenvalue weighted by Crippen LogP contribution is 2.28. The largest absolute Gasteiger partial charge is 0.419 e. The summed E-state index contributed by atoms with van der Waals surface area (Å²) in [4.78, 5) is 23.4. The summed E-state index contributed by atoms with van der Waals surface area (Å²) in [5.74, 6) is 0.261. The highest BCUT2D eigenvalue weighted by Gasteiger charge is 2.32. The number of alkyl halides is 3. The van der Waals surface area contributed by atoms with Gasteiger partial charge in [-0.15, -0.1) is 0 Å². The van der Waals surface area contributed by atoms with Crippen LogP contribution in [0.15, 0.2) is 12.4 Å². The monoisotopic (exact) mass is 361 g/mol. The summed E-state index contributed by atoms with van der Waals surface area (Å²) < 4.78 is 42.7. The van der Waals surface area contributed by atoms with E-state index in [2.05, 4.69) is 15.3 Å². The first-order chi connectivity index (χ1) is 11.8. The van der Waals surface area contributed by atoms with Crippen LogP contribution in [0.1, 0.15) is 12.0 Å². The Morgan fingerprint density at radius 1 is 1.28 bits per heavy atom. The van der Waals surface area contributed by atoms with Crippen molar-refractivity contribution in [2.45, 2.75) is 18.6 Å². The normalized spacial score (nSPS) is 16.8. The van der Waals surface area contributed by atoms with E-state index in [1.165, 1.54) is 0 Å². The summed E-state index contributed by atoms with van der Waals surface area (Å²) in [5, 5.41) is 3.03. The van der Waals surface area contributed by atoms with E-state index in [9.17, 15) is 18.0 Å². The minimum absolute atomic E-state index is 0.0180. The molecule has 7 nitrogen and oxygen atoms in total. The molecule has 0 saturated carbocycles. The van der Waals surface area contributed by atoms with Crippen molar-refractivity contribution >= 4 is 11.9 Å². The van der Waals surface area contributed by atoms with Crippen molar-refractivity contribution in [1.82, 2.24) is 20.2 Å². The van der Waals surface area contributed by atoms with Gasteiger partial charge in [0.15, 0.2) is 0 Å². The van der Waals surface area contributed by atoms with Crippen LogP contribution in [-0.4, -0.2) is 73.8 Å². The van der Waals surface area contributed by atoms with Gasteiger partial charge in [0, 0.05) is 58.1 Å². The predicted molar refractivity (Wildman–Crippen MR) is 85.2 cm³/mol. The molecule has 0 aromatic carbocycles. The molecule has 1 aliphatic rings. The number of methoxy groups -OCH3 is 1. The highest BCUT2D eigenvalue weighted by atomic mass is 19.4. The minimum Gasteiger partial charge on any atom is -0.383 e. The van der Waals surface area contributed by atoms with E-state index < -0.39 is 11.7 Å². The number of halogens is 3. The number of rotatable bonds is 6. The zero-order valence-corrected chi connectivity index (χ0v) is 14.2. The van der Waals surface area contributed by atoms with E-state index in [0.717, 1.165) is 12.4 Å². The van der Waals surface area contributed by atoms with Crippen LogP contribution in [0.2, 0.25) is 0 Å². The summed E-state index contributed by atoms with van der Waals surface area (Å²) in [5.41, 5.74) is -0.874. The average Bonchev–Trinajstić information content (AvgIpc) is 2.60. The maximum atomic E-state index is 12.5. The molecule has 2 rings (SSSR count). The molecule has 10 heteroatoms. The molecule has 0 unspecified atom stereocenters. The van der Waals surface area contributed by atoms with Gasteiger partial charge in [-0.3, -0.25) is 4.79 Å². The van der Waals surface area contributed by atoms with Crippen molar-refractivity contribution in [2.24, 2.45) is 0 Å². The lowest BCUT2D eigenvalue weighted by atomic mass is 10.2. The molecule has 1 aliphatic heterocycles. The molecule has 1 fully saturated rings. The van der Waals surface area contributed by atoms with Gasteiger partial charge < -0.3 is 19.9 Å². The average molecular weight is 361 g/mol. The summed E-state index contributed by atoms with van der Waals surface area (Å²) in [6.07, 6.45) is -2.55. The number of hydrogen-bond acceptors (Lipinski definition) is 6. The standard InChI is InChI=1S/C15H22F3N5O2/c1-19-12(10-25-2)7-13(24)22-3-5-23(6-4-22)14-20-8-11(9-21-14)15(16,17)18/h8-9,12,19H,3-7,10H2,1-2H3/t12-/m0/s1. The van der Waals surface area contributed by atoms with Crippen LogP contribution in [0.5, 0.6) is 0 Å². The van der Waals surface area contributed by atoms with Gasteiger partial charge in [-0.05, 0) is 7.05 Å². The Hall–Kier alpha value is -1.94. The fourth-order valence-electron chi connectivity index (χ4n) is 2.57. The number of carbonyl (C=O) groups excluding carboxylic acids is 1. The van der Waals surface area contributed by atoms with E-state index in [1.807, 2.05) is 0 Å². The number of likely N-dealkylation sites (N-methyl/N-ethyl adjacent to an activating group) is 1. The molecule has 25 heavy (non-hydrogen) atoms. The van der Waals surface area contributed by atoms with Crippen molar-refractivity contribution in [3.63, 3.8) is 0 Å².